The number of benzene rings is 2. The molecule has 3 amide bonds. The molecule has 4 atom stereocenters. The molecule has 3 rings (SSSR count). The van der Waals surface area contributed by atoms with Crippen molar-refractivity contribution >= 4 is 40.6 Å². The lowest BCUT2D eigenvalue weighted by Gasteiger charge is -2.24. The van der Waals surface area contributed by atoms with Crippen molar-refractivity contribution in [3.05, 3.63) is 71.9 Å². The van der Waals surface area contributed by atoms with Crippen LogP contribution in [0.25, 0.3) is 10.9 Å². The van der Waals surface area contributed by atoms with E-state index in [0.29, 0.717) is 11.1 Å². The molecular weight excluding hydrogens is 534 g/mol. The minimum atomic E-state index is -1.49. The van der Waals surface area contributed by atoms with E-state index >= 15 is 0 Å². The van der Waals surface area contributed by atoms with Gasteiger partial charge in [0.05, 0.1) is 12.6 Å². The maximum absolute atomic E-state index is 13.4. The lowest BCUT2D eigenvalue weighted by Crippen LogP contribution is -2.58. The molecule has 0 bridgehead atoms. The Labute approximate surface area is 235 Å². The molecule has 1 aromatic heterocycles. The molecule has 9 N–H and O–H groups in total. The number of nitrogens with two attached hydrogens (primary N) is 1. The van der Waals surface area contributed by atoms with Gasteiger partial charge in [-0.2, -0.15) is 0 Å². The molecule has 0 radical (unpaired) electrons. The normalized spacial score (nSPS) is 13.9. The van der Waals surface area contributed by atoms with Crippen LogP contribution in [-0.2, 0) is 36.8 Å². The Hall–Kier alpha value is -4.75. The number of aromatic nitrogens is 1. The molecule has 41 heavy (non-hydrogen) atoms. The van der Waals surface area contributed by atoms with Gasteiger partial charge in [0, 0.05) is 36.4 Å². The summed E-state index contributed by atoms with van der Waals surface area (Å²) in [5.41, 5.74) is 7.84. The van der Waals surface area contributed by atoms with Crippen molar-refractivity contribution in [2.75, 3.05) is 6.61 Å². The number of carbonyl (C=O) groups excluding carboxylic acids is 3. The number of hydrogen-bond donors (Lipinski definition) is 8. The molecular formula is C28H33N5O8. The van der Waals surface area contributed by atoms with Gasteiger partial charge >= 0.3 is 11.9 Å². The Morgan fingerprint density at radius 1 is 0.780 bits per heavy atom. The maximum atomic E-state index is 13.4. The molecule has 0 saturated heterocycles. The van der Waals surface area contributed by atoms with E-state index in [0.717, 1.165) is 10.9 Å². The predicted molar refractivity (Wildman–Crippen MR) is 148 cm³/mol. The number of carbonyl (C=O) groups is 5. The third kappa shape index (κ3) is 8.88. The van der Waals surface area contributed by atoms with Crippen molar-refractivity contribution in [1.82, 2.24) is 20.9 Å². The second-order valence-corrected chi connectivity index (χ2v) is 9.50. The van der Waals surface area contributed by atoms with Gasteiger partial charge in [0.25, 0.3) is 0 Å². The Kier molecular flexibility index (Phi) is 11.0. The summed E-state index contributed by atoms with van der Waals surface area (Å²) in [6, 6.07) is 10.7. The second kappa shape index (κ2) is 14.6. The fourth-order valence-electron chi connectivity index (χ4n) is 4.21. The van der Waals surface area contributed by atoms with Crippen LogP contribution in [0.2, 0.25) is 0 Å². The molecule has 4 unspecified atom stereocenters. The molecule has 0 saturated carbocycles. The van der Waals surface area contributed by atoms with Crippen LogP contribution in [0.5, 0.6) is 0 Å². The van der Waals surface area contributed by atoms with Gasteiger partial charge in [-0.05, 0) is 23.6 Å². The number of carboxylic acids is 2. The fraction of sp³-hybridized carbons (Fsp3) is 0.321. The first-order chi connectivity index (χ1) is 19.6. The average molecular weight is 568 g/mol. The number of aromatic amines is 1. The summed E-state index contributed by atoms with van der Waals surface area (Å²) in [4.78, 5) is 64.6. The van der Waals surface area contributed by atoms with Crippen LogP contribution in [0.3, 0.4) is 0 Å². The van der Waals surface area contributed by atoms with E-state index in [1.807, 2.05) is 24.3 Å². The maximum Gasteiger partial charge on any atom is 0.326 e. The van der Waals surface area contributed by atoms with Crippen LogP contribution in [-0.4, -0.2) is 80.7 Å². The van der Waals surface area contributed by atoms with E-state index < -0.39 is 60.4 Å². The van der Waals surface area contributed by atoms with E-state index in [4.69, 9.17) is 10.8 Å². The standard InChI is InChI=1S/C28H33N5O8/c29-19(10-11-24(35)36)25(37)33-23(15-34)27(39)31-21(12-16-6-2-1-3-7-16)26(38)32-22(28(40)41)13-17-14-30-20-9-5-4-8-18(17)20/h1-9,14,19,21-23,30,34H,10-13,15,29H2,(H,31,39)(H,32,38)(H,33,37)(H,35,36)(H,40,41). The van der Waals surface area contributed by atoms with E-state index in [2.05, 4.69) is 20.9 Å². The highest BCUT2D eigenvalue weighted by atomic mass is 16.4. The molecule has 0 aliphatic rings. The first kappa shape index (κ1) is 30.8. The molecule has 13 nitrogen and oxygen atoms in total. The number of nitrogens with one attached hydrogen (secondary N) is 4. The third-order valence-corrected chi connectivity index (χ3v) is 6.45. The molecule has 3 aromatic rings. The first-order valence-electron chi connectivity index (χ1n) is 12.9. The number of aliphatic carboxylic acids is 2. The fourth-order valence-corrected chi connectivity index (χ4v) is 4.21. The quantitative estimate of drug-likeness (QED) is 0.120. The Morgan fingerprint density at radius 2 is 1.39 bits per heavy atom. The predicted octanol–water partition coefficient (Wildman–Crippen LogP) is -0.323. The Morgan fingerprint density at radius 3 is 2.05 bits per heavy atom. The molecule has 218 valence electrons. The van der Waals surface area contributed by atoms with Crippen LogP contribution in [0, 0.1) is 0 Å². The number of para-hydroxylation sites is 1. The van der Waals surface area contributed by atoms with Gasteiger partial charge in [-0.15, -0.1) is 0 Å². The Bertz CT molecular complexity index is 1380. The summed E-state index contributed by atoms with van der Waals surface area (Å²) in [6.45, 7) is -0.832. The summed E-state index contributed by atoms with van der Waals surface area (Å²) in [7, 11) is 0. The lowest BCUT2D eigenvalue weighted by molar-refractivity contribution is -0.142. The number of aliphatic hydroxyl groups excluding tert-OH is 1. The van der Waals surface area contributed by atoms with E-state index in [1.165, 1.54) is 0 Å². The van der Waals surface area contributed by atoms with Gasteiger partial charge in [0.2, 0.25) is 17.7 Å². The van der Waals surface area contributed by atoms with Crippen LogP contribution in [0.4, 0.5) is 0 Å². The van der Waals surface area contributed by atoms with Crippen LogP contribution < -0.4 is 21.7 Å². The van der Waals surface area contributed by atoms with Gasteiger partial charge in [0.15, 0.2) is 0 Å². The van der Waals surface area contributed by atoms with Gasteiger partial charge in [-0.1, -0.05) is 48.5 Å². The minimum Gasteiger partial charge on any atom is -0.481 e. The zero-order valence-corrected chi connectivity index (χ0v) is 22.1. The number of H-pyrrole nitrogens is 1. The van der Waals surface area contributed by atoms with Gasteiger partial charge in [-0.25, -0.2) is 4.79 Å². The molecule has 0 aliphatic carbocycles. The first-order valence-corrected chi connectivity index (χ1v) is 12.9. The number of hydrogen-bond acceptors (Lipinski definition) is 7. The van der Waals surface area contributed by atoms with Gasteiger partial charge < -0.3 is 42.0 Å². The largest absolute Gasteiger partial charge is 0.481 e. The smallest absolute Gasteiger partial charge is 0.326 e. The highest BCUT2D eigenvalue weighted by Gasteiger charge is 2.31. The number of aliphatic hydroxyl groups is 1. The summed E-state index contributed by atoms with van der Waals surface area (Å²) in [6.07, 6.45) is 1.08. The lowest BCUT2D eigenvalue weighted by atomic mass is 10.0. The summed E-state index contributed by atoms with van der Waals surface area (Å²) in [5, 5.41) is 36.4. The molecule has 13 heteroatoms. The highest BCUT2D eigenvalue weighted by molar-refractivity contribution is 5.94. The van der Waals surface area contributed by atoms with E-state index in [-0.39, 0.29) is 25.7 Å². The van der Waals surface area contributed by atoms with Crippen LogP contribution in [0.1, 0.15) is 24.0 Å². The number of rotatable bonds is 15. The van der Waals surface area contributed by atoms with Crippen molar-refractivity contribution in [1.29, 1.82) is 0 Å². The van der Waals surface area contributed by atoms with Crippen molar-refractivity contribution in [3.8, 4) is 0 Å². The van der Waals surface area contributed by atoms with Crippen molar-refractivity contribution < 1.29 is 39.3 Å². The van der Waals surface area contributed by atoms with Crippen LogP contribution in [0.15, 0.2) is 60.8 Å². The summed E-state index contributed by atoms with van der Waals surface area (Å²) >= 11 is 0. The zero-order chi connectivity index (χ0) is 29.9. The molecule has 0 spiro atoms. The van der Waals surface area contributed by atoms with Crippen molar-refractivity contribution in [2.45, 2.75) is 49.9 Å². The third-order valence-electron chi connectivity index (χ3n) is 6.45. The minimum absolute atomic E-state index is 0.0118. The van der Waals surface area contributed by atoms with Crippen molar-refractivity contribution in [2.24, 2.45) is 5.73 Å². The van der Waals surface area contributed by atoms with E-state index in [1.54, 1.807) is 36.5 Å². The topological polar surface area (TPSA) is 224 Å². The molecule has 0 aliphatic heterocycles. The summed E-state index contributed by atoms with van der Waals surface area (Å²) < 4.78 is 0. The van der Waals surface area contributed by atoms with Crippen LogP contribution >= 0.6 is 0 Å². The van der Waals surface area contributed by atoms with E-state index in [9.17, 15) is 34.2 Å². The van der Waals surface area contributed by atoms with Gasteiger partial charge in [0.1, 0.15) is 18.1 Å². The average Bonchev–Trinajstić information content (AvgIpc) is 3.36. The Balaban J connectivity index is 1.75. The number of fused-ring (bicyclic) bond motifs is 1. The molecule has 0 fully saturated rings. The molecule has 2 aromatic carbocycles. The van der Waals surface area contributed by atoms with Crippen molar-refractivity contribution in [3.63, 3.8) is 0 Å². The highest BCUT2D eigenvalue weighted by Crippen LogP contribution is 2.19. The number of carboxylic acid groups (broad SMARTS) is 2. The monoisotopic (exact) mass is 567 g/mol. The zero-order valence-electron chi connectivity index (χ0n) is 22.1. The number of amides is 3. The van der Waals surface area contributed by atoms with Gasteiger partial charge in [-0.3, -0.25) is 19.2 Å². The summed E-state index contributed by atoms with van der Waals surface area (Å²) in [5.74, 6) is -4.97. The second-order valence-electron chi connectivity index (χ2n) is 9.50. The SMILES string of the molecule is NC(CCC(=O)O)C(=O)NC(CO)C(=O)NC(Cc1ccccc1)C(=O)NC(Cc1c[nH]c2ccccc12)C(=O)O. The molecule has 1 heterocycles.